The number of nitrogens with two attached hydrogens (primary N) is 1. The Labute approximate surface area is 182 Å². The van der Waals surface area contributed by atoms with Crippen LogP contribution in [0.15, 0.2) is 77.3 Å². The number of aromatic nitrogens is 1. The smallest absolute Gasteiger partial charge is 0.256 e. The number of benzene rings is 3. The lowest BCUT2D eigenvalue weighted by Gasteiger charge is -2.15. The minimum Gasteiger partial charge on any atom is -0.366 e. The maximum absolute atomic E-state index is 13.3. The van der Waals surface area contributed by atoms with Gasteiger partial charge in [-0.2, -0.15) is 0 Å². The standard InChI is InChI=1S/C24H18BrN3O2/c1-14-20(24(30)27-17-12-10-16(11-13-17)23(26)29)18-8-5-9-19(25)22(18)28-21(14)15-6-3-2-4-7-15/h2-13H,1H3,(H2,26,29)(H,27,30). The highest BCUT2D eigenvalue weighted by Crippen LogP contribution is 2.33. The Hall–Kier alpha value is -3.51. The minimum atomic E-state index is -0.513. The molecule has 0 aliphatic rings. The Kier molecular flexibility index (Phi) is 5.33. The van der Waals surface area contributed by atoms with Gasteiger partial charge in [-0.05, 0) is 58.7 Å². The number of fused-ring (bicyclic) bond motifs is 1. The van der Waals surface area contributed by atoms with Gasteiger partial charge in [-0.3, -0.25) is 9.59 Å². The first-order valence-electron chi connectivity index (χ1n) is 9.31. The van der Waals surface area contributed by atoms with Crippen LogP contribution >= 0.6 is 15.9 Å². The molecule has 0 saturated carbocycles. The monoisotopic (exact) mass is 459 g/mol. The molecule has 2 amide bonds. The van der Waals surface area contributed by atoms with Crippen LogP contribution in [0.3, 0.4) is 0 Å². The fraction of sp³-hybridized carbons (Fsp3) is 0.0417. The third-order valence-electron chi connectivity index (χ3n) is 4.91. The molecule has 4 rings (SSSR count). The van der Waals surface area contributed by atoms with E-state index in [1.54, 1.807) is 24.3 Å². The molecule has 0 spiro atoms. The van der Waals surface area contributed by atoms with E-state index in [0.717, 1.165) is 32.2 Å². The van der Waals surface area contributed by atoms with Crippen molar-refractivity contribution in [1.29, 1.82) is 0 Å². The molecular formula is C24H18BrN3O2. The molecule has 0 unspecified atom stereocenters. The zero-order chi connectivity index (χ0) is 21.3. The predicted octanol–water partition coefficient (Wildman–Crippen LogP) is 5.32. The van der Waals surface area contributed by atoms with Crippen molar-refractivity contribution in [1.82, 2.24) is 4.98 Å². The molecule has 1 heterocycles. The largest absolute Gasteiger partial charge is 0.366 e. The number of primary amides is 1. The van der Waals surface area contributed by atoms with E-state index in [9.17, 15) is 9.59 Å². The van der Waals surface area contributed by atoms with Gasteiger partial charge in [0.25, 0.3) is 5.91 Å². The number of rotatable bonds is 4. The summed E-state index contributed by atoms with van der Waals surface area (Å²) in [5.74, 6) is -0.761. The van der Waals surface area contributed by atoms with Crippen LogP contribution in [0.4, 0.5) is 5.69 Å². The summed E-state index contributed by atoms with van der Waals surface area (Å²) in [6.07, 6.45) is 0. The van der Waals surface area contributed by atoms with Crippen LogP contribution in [-0.2, 0) is 0 Å². The highest BCUT2D eigenvalue weighted by atomic mass is 79.9. The molecule has 1 aromatic heterocycles. The number of nitrogens with one attached hydrogen (secondary N) is 1. The molecule has 0 radical (unpaired) electrons. The number of nitrogens with zero attached hydrogens (tertiary/aromatic N) is 1. The molecule has 0 fully saturated rings. The number of para-hydroxylation sites is 1. The van der Waals surface area contributed by atoms with E-state index in [1.165, 1.54) is 0 Å². The number of carbonyl (C=O) groups is 2. The Morgan fingerprint density at radius 2 is 1.63 bits per heavy atom. The Morgan fingerprint density at radius 1 is 0.933 bits per heavy atom. The normalized spacial score (nSPS) is 10.7. The van der Waals surface area contributed by atoms with E-state index in [1.807, 2.05) is 55.5 Å². The summed E-state index contributed by atoms with van der Waals surface area (Å²) in [5, 5.41) is 3.68. The first kappa shape index (κ1) is 19.8. The van der Waals surface area contributed by atoms with Crippen molar-refractivity contribution in [2.75, 3.05) is 5.32 Å². The van der Waals surface area contributed by atoms with Gasteiger partial charge in [0.1, 0.15) is 0 Å². The number of hydrogen-bond acceptors (Lipinski definition) is 3. The van der Waals surface area contributed by atoms with Gasteiger partial charge in [-0.1, -0.05) is 42.5 Å². The SMILES string of the molecule is Cc1c(-c2ccccc2)nc2c(Br)cccc2c1C(=O)Nc1ccc(C(N)=O)cc1. The molecule has 0 bridgehead atoms. The van der Waals surface area contributed by atoms with Crippen LogP contribution in [0, 0.1) is 6.92 Å². The van der Waals surface area contributed by atoms with Crippen molar-refractivity contribution >= 4 is 44.3 Å². The summed E-state index contributed by atoms with van der Waals surface area (Å²) >= 11 is 3.56. The molecule has 0 aliphatic carbocycles. The lowest BCUT2D eigenvalue weighted by atomic mass is 9.97. The van der Waals surface area contributed by atoms with Crippen molar-refractivity contribution < 1.29 is 9.59 Å². The molecule has 6 heteroatoms. The molecule has 0 atom stereocenters. The number of carbonyl (C=O) groups excluding carboxylic acids is 2. The first-order chi connectivity index (χ1) is 14.5. The van der Waals surface area contributed by atoms with Crippen molar-refractivity contribution in [3.8, 4) is 11.3 Å². The van der Waals surface area contributed by atoms with Crippen LogP contribution in [-0.4, -0.2) is 16.8 Å². The number of pyridine rings is 1. The maximum atomic E-state index is 13.3. The van der Waals surface area contributed by atoms with Crippen LogP contribution in [0.1, 0.15) is 26.3 Å². The fourth-order valence-corrected chi connectivity index (χ4v) is 3.88. The van der Waals surface area contributed by atoms with E-state index < -0.39 is 5.91 Å². The van der Waals surface area contributed by atoms with Crippen molar-refractivity contribution in [3.05, 3.63) is 94.0 Å². The number of anilines is 1. The molecule has 0 saturated heterocycles. The molecule has 3 aromatic carbocycles. The van der Waals surface area contributed by atoms with Gasteiger partial charge < -0.3 is 11.1 Å². The van der Waals surface area contributed by atoms with Crippen molar-refractivity contribution in [2.24, 2.45) is 5.73 Å². The quantitative estimate of drug-likeness (QED) is 0.432. The second kappa shape index (κ2) is 8.08. The van der Waals surface area contributed by atoms with Crippen molar-refractivity contribution in [3.63, 3.8) is 0 Å². The molecule has 30 heavy (non-hydrogen) atoms. The van der Waals surface area contributed by atoms with E-state index in [-0.39, 0.29) is 5.91 Å². The highest BCUT2D eigenvalue weighted by Gasteiger charge is 2.20. The average Bonchev–Trinajstić information content (AvgIpc) is 2.74. The van der Waals surface area contributed by atoms with E-state index >= 15 is 0 Å². The molecule has 5 nitrogen and oxygen atoms in total. The molecule has 3 N–H and O–H groups in total. The zero-order valence-corrected chi connectivity index (χ0v) is 17.7. The average molecular weight is 460 g/mol. The summed E-state index contributed by atoms with van der Waals surface area (Å²) in [6.45, 7) is 1.90. The third kappa shape index (κ3) is 3.69. The van der Waals surface area contributed by atoms with Gasteiger partial charge in [0.2, 0.25) is 5.91 Å². The van der Waals surface area contributed by atoms with Gasteiger partial charge in [-0.15, -0.1) is 0 Å². The first-order valence-corrected chi connectivity index (χ1v) is 10.1. The van der Waals surface area contributed by atoms with Gasteiger partial charge >= 0.3 is 0 Å². The summed E-state index contributed by atoms with van der Waals surface area (Å²) in [5.41, 5.74) is 10.00. The molecular weight excluding hydrogens is 442 g/mol. The lowest BCUT2D eigenvalue weighted by molar-refractivity contribution is 0.0998. The summed E-state index contributed by atoms with van der Waals surface area (Å²) in [6, 6.07) is 21.9. The summed E-state index contributed by atoms with van der Waals surface area (Å²) in [7, 11) is 0. The van der Waals surface area contributed by atoms with Crippen LogP contribution in [0.5, 0.6) is 0 Å². The molecule has 0 aliphatic heterocycles. The summed E-state index contributed by atoms with van der Waals surface area (Å²) < 4.78 is 0.817. The van der Waals surface area contributed by atoms with Gasteiger partial charge in [-0.25, -0.2) is 4.98 Å². The topological polar surface area (TPSA) is 85.1 Å². The Morgan fingerprint density at radius 3 is 2.30 bits per heavy atom. The van der Waals surface area contributed by atoms with E-state index in [2.05, 4.69) is 21.2 Å². The van der Waals surface area contributed by atoms with Crippen LogP contribution < -0.4 is 11.1 Å². The zero-order valence-electron chi connectivity index (χ0n) is 16.1. The van der Waals surface area contributed by atoms with Crippen LogP contribution in [0.25, 0.3) is 22.2 Å². The third-order valence-corrected chi connectivity index (χ3v) is 5.55. The lowest BCUT2D eigenvalue weighted by Crippen LogP contribution is -2.16. The molecule has 148 valence electrons. The van der Waals surface area contributed by atoms with E-state index in [0.29, 0.717) is 16.8 Å². The van der Waals surface area contributed by atoms with Gasteiger partial charge in [0.05, 0.1) is 16.8 Å². The number of hydrogen-bond donors (Lipinski definition) is 2. The second-order valence-corrected chi connectivity index (χ2v) is 7.71. The van der Waals surface area contributed by atoms with Crippen LogP contribution in [0.2, 0.25) is 0 Å². The summed E-state index contributed by atoms with van der Waals surface area (Å²) in [4.78, 5) is 29.4. The van der Waals surface area contributed by atoms with Crippen molar-refractivity contribution in [2.45, 2.75) is 6.92 Å². The second-order valence-electron chi connectivity index (χ2n) is 6.86. The highest BCUT2D eigenvalue weighted by molar-refractivity contribution is 9.10. The fourth-order valence-electron chi connectivity index (χ4n) is 3.43. The van der Waals surface area contributed by atoms with Gasteiger partial charge in [0.15, 0.2) is 0 Å². The Balaban J connectivity index is 1.84. The molecule has 4 aromatic rings. The van der Waals surface area contributed by atoms with Gasteiger partial charge in [0, 0.05) is 26.7 Å². The number of halogens is 1. The maximum Gasteiger partial charge on any atom is 0.256 e. The predicted molar refractivity (Wildman–Crippen MR) is 123 cm³/mol. The van der Waals surface area contributed by atoms with E-state index in [4.69, 9.17) is 10.7 Å². The number of amides is 2. The minimum absolute atomic E-state index is 0.248. The Bertz CT molecular complexity index is 1270.